The van der Waals surface area contributed by atoms with E-state index in [2.05, 4.69) is 22.0 Å². The maximum absolute atomic E-state index is 5.79. The Morgan fingerprint density at radius 2 is 2.00 bits per heavy atom. The predicted octanol–water partition coefficient (Wildman–Crippen LogP) is 1.96. The molecule has 0 fully saturated rings. The zero-order valence-electron chi connectivity index (χ0n) is 10.9. The van der Waals surface area contributed by atoms with E-state index >= 15 is 0 Å². The van der Waals surface area contributed by atoms with Gasteiger partial charge in [-0.25, -0.2) is 0 Å². The average Bonchev–Trinajstić information content (AvgIpc) is 2.28. The Hall–Kier alpha value is -1.23. The van der Waals surface area contributed by atoms with Crippen LogP contribution in [-0.4, -0.2) is 28.8 Å². The first kappa shape index (κ1) is 13.8. The van der Waals surface area contributed by atoms with Gasteiger partial charge in [0.15, 0.2) is 5.82 Å². The fourth-order valence-electron chi connectivity index (χ4n) is 1.66. The van der Waals surface area contributed by atoms with Gasteiger partial charge in [0, 0.05) is 13.6 Å². The van der Waals surface area contributed by atoms with Gasteiger partial charge in [-0.2, -0.15) is 5.10 Å². The normalized spacial score (nSPS) is 10.4. The number of aryl methyl sites for hydroxylation is 1. The van der Waals surface area contributed by atoms with E-state index < -0.39 is 0 Å². The van der Waals surface area contributed by atoms with Crippen molar-refractivity contribution in [2.24, 2.45) is 5.73 Å². The number of aromatic nitrogens is 2. The first-order valence-corrected chi connectivity index (χ1v) is 6.24. The Morgan fingerprint density at radius 3 is 2.53 bits per heavy atom. The lowest BCUT2D eigenvalue weighted by Gasteiger charge is -2.21. The van der Waals surface area contributed by atoms with Crippen LogP contribution in [0, 0.1) is 13.8 Å². The molecule has 0 saturated heterocycles. The first-order valence-electron chi connectivity index (χ1n) is 5.83. The zero-order chi connectivity index (χ0) is 13.0. The van der Waals surface area contributed by atoms with Gasteiger partial charge in [0.25, 0.3) is 0 Å². The first-order chi connectivity index (χ1) is 7.99. The summed E-state index contributed by atoms with van der Waals surface area (Å²) in [6.45, 7) is 6.99. The summed E-state index contributed by atoms with van der Waals surface area (Å²) in [6.07, 6.45) is 2.26. The zero-order valence-corrected chi connectivity index (χ0v) is 11.8. The van der Waals surface area contributed by atoms with Crippen LogP contribution in [0.5, 0.6) is 0 Å². The third kappa shape index (κ3) is 3.12. The second kappa shape index (κ2) is 5.91. The lowest BCUT2D eigenvalue weighted by atomic mass is 10.1. The maximum Gasteiger partial charge on any atom is 0.161 e. The SMILES string of the molecule is CCCCN(C)c1nnc(C)c(C)c1C(N)=S. The van der Waals surface area contributed by atoms with Crippen LogP contribution in [0.3, 0.4) is 0 Å². The van der Waals surface area contributed by atoms with Crippen LogP contribution in [0.4, 0.5) is 5.82 Å². The smallest absolute Gasteiger partial charge is 0.161 e. The molecule has 0 bridgehead atoms. The van der Waals surface area contributed by atoms with Crippen LogP contribution < -0.4 is 10.6 Å². The minimum absolute atomic E-state index is 0.388. The van der Waals surface area contributed by atoms with Gasteiger partial charge in [-0.1, -0.05) is 25.6 Å². The molecule has 2 N–H and O–H groups in total. The van der Waals surface area contributed by atoms with Crippen molar-refractivity contribution in [3.05, 3.63) is 16.8 Å². The third-order valence-corrected chi connectivity index (χ3v) is 3.10. The maximum atomic E-state index is 5.79. The Bertz CT molecular complexity index is 417. The number of nitrogens with zero attached hydrogens (tertiary/aromatic N) is 3. The molecule has 0 amide bonds. The molecule has 1 aromatic rings. The van der Waals surface area contributed by atoms with Crippen molar-refractivity contribution in [1.29, 1.82) is 0 Å². The largest absolute Gasteiger partial charge is 0.389 e. The molecule has 0 radical (unpaired) electrons. The summed E-state index contributed by atoms with van der Waals surface area (Å²) < 4.78 is 0. The van der Waals surface area contributed by atoms with Gasteiger partial charge in [0.2, 0.25) is 0 Å². The summed E-state index contributed by atoms with van der Waals surface area (Å²) in [5.74, 6) is 0.786. The highest BCUT2D eigenvalue weighted by Crippen LogP contribution is 2.21. The van der Waals surface area contributed by atoms with Crippen LogP contribution in [0.25, 0.3) is 0 Å². The van der Waals surface area contributed by atoms with E-state index in [1.54, 1.807) is 0 Å². The van der Waals surface area contributed by atoms with Crippen molar-refractivity contribution < 1.29 is 0 Å². The lowest BCUT2D eigenvalue weighted by molar-refractivity contribution is 0.749. The van der Waals surface area contributed by atoms with E-state index in [1.807, 2.05) is 20.9 Å². The number of unbranched alkanes of at least 4 members (excludes halogenated alkanes) is 1. The third-order valence-electron chi connectivity index (χ3n) is 2.89. The molecule has 0 aliphatic heterocycles. The molecule has 94 valence electrons. The van der Waals surface area contributed by atoms with Gasteiger partial charge >= 0.3 is 0 Å². The quantitative estimate of drug-likeness (QED) is 0.812. The summed E-state index contributed by atoms with van der Waals surface area (Å²) in [5, 5.41) is 8.37. The van der Waals surface area contributed by atoms with Crippen molar-refractivity contribution in [2.75, 3.05) is 18.5 Å². The second-order valence-corrected chi connectivity index (χ2v) is 4.69. The van der Waals surface area contributed by atoms with E-state index in [0.717, 1.165) is 42.0 Å². The number of hydrogen-bond acceptors (Lipinski definition) is 4. The Morgan fingerprint density at radius 1 is 1.35 bits per heavy atom. The summed E-state index contributed by atoms with van der Waals surface area (Å²) in [7, 11) is 2.00. The van der Waals surface area contributed by atoms with E-state index in [1.165, 1.54) is 0 Å². The molecule has 0 aliphatic rings. The molecule has 0 aliphatic carbocycles. The highest BCUT2D eigenvalue weighted by Gasteiger charge is 2.16. The fraction of sp³-hybridized carbons (Fsp3) is 0.583. The molecule has 17 heavy (non-hydrogen) atoms. The van der Waals surface area contributed by atoms with Gasteiger partial charge < -0.3 is 10.6 Å². The van der Waals surface area contributed by atoms with Crippen LogP contribution in [0.2, 0.25) is 0 Å². The molecule has 0 unspecified atom stereocenters. The molecule has 1 rings (SSSR count). The molecule has 1 aromatic heterocycles. The highest BCUT2D eigenvalue weighted by molar-refractivity contribution is 7.80. The summed E-state index contributed by atoms with van der Waals surface area (Å²) in [4.78, 5) is 2.45. The Kier molecular flexibility index (Phi) is 4.81. The van der Waals surface area contributed by atoms with E-state index in [0.29, 0.717) is 4.99 Å². The molecule has 0 saturated carbocycles. The van der Waals surface area contributed by atoms with Crippen molar-refractivity contribution in [2.45, 2.75) is 33.6 Å². The van der Waals surface area contributed by atoms with Crippen molar-refractivity contribution in [3.8, 4) is 0 Å². The molecule has 1 heterocycles. The standard InChI is InChI=1S/C12H20N4S/c1-5-6-7-16(4)12-10(11(13)17)8(2)9(3)14-15-12/h5-7H2,1-4H3,(H2,13,17). The van der Waals surface area contributed by atoms with E-state index in [9.17, 15) is 0 Å². The summed E-state index contributed by atoms with van der Waals surface area (Å²) in [6, 6.07) is 0. The van der Waals surface area contributed by atoms with Crippen LogP contribution in [0.1, 0.15) is 36.6 Å². The number of nitrogens with two attached hydrogens (primary N) is 1. The summed E-state index contributed by atoms with van der Waals surface area (Å²) >= 11 is 5.11. The fourth-order valence-corrected chi connectivity index (χ4v) is 1.90. The van der Waals surface area contributed by atoms with Gasteiger partial charge in [-0.15, -0.1) is 5.10 Å². The van der Waals surface area contributed by atoms with Crippen molar-refractivity contribution in [1.82, 2.24) is 10.2 Å². The van der Waals surface area contributed by atoms with Gasteiger partial charge in [-0.3, -0.25) is 0 Å². The van der Waals surface area contributed by atoms with Crippen LogP contribution in [0.15, 0.2) is 0 Å². The van der Waals surface area contributed by atoms with Crippen molar-refractivity contribution >= 4 is 23.0 Å². The highest BCUT2D eigenvalue weighted by atomic mass is 32.1. The van der Waals surface area contributed by atoms with E-state index in [4.69, 9.17) is 18.0 Å². The molecular weight excluding hydrogens is 232 g/mol. The van der Waals surface area contributed by atoms with E-state index in [-0.39, 0.29) is 0 Å². The summed E-state index contributed by atoms with van der Waals surface area (Å²) in [5.41, 5.74) is 8.54. The molecule has 0 atom stereocenters. The molecular formula is C12H20N4S. The number of thiocarbonyl (C=S) groups is 1. The average molecular weight is 252 g/mol. The topological polar surface area (TPSA) is 55.0 Å². The minimum atomic E-state index is 0.388. The lowest BCUT2D eigenvalue weighted by Crippen LogP contribution is -2.26. The van der Waals surface area contributed by atoms with Crippen LogP contribution >= 0.6 is 12.2 Å². The molecule has 4 nitrogen and oxygen atoms in total. The second-order valence-electron chi connectivity index (χ2n) is 4.25. The molecule has 5 heteroatoms. The molecule has 0 spiro atoms. The number of rotatable bonds is 5. The van der Waals surface area contributed by atoms with Crippen molar-refractivity contribution in [3.63, 3.8) is 0 Å². The van der Waals surface area contributed by atoms with Gasteiger partial charge in [0.1, 0.15) is 4.99 Å². The monoisotopic (exact) mass is 252 g/mol. The van der Waals surface area contributed by atoms with Gasteiger partial charge in [-0.05, 0) is 25.8 Å². The minimum Gasteiger partial charge on any atom is -0.389 e. The Balaban J connectivity index is 3.15. The molecule has 0 aromatic carbocycles. The van der Waals surface area contributed by atoms with Gasteiger partial charge in [0.05, 0.1) is 11.3 Å². The predicted molar refractivity (Wildman–Crippen MR) is 75.6 cm³/mol. The number of anilines is 1. The van der Waals surface area contributed by atoms with Crippen LogP contribution in [-0.2, 0) is 0 Å². The number of hydrogen-bond donors (Lipinski definition) is 1. The Labute approximate surface area is 108 Å².